The van der Waals surface area contributed by atoms with Crippen LogP contribution in [0.1, 0.15) is 74.9 Å². The zero-order valence-corrected chi connectivity index (χ0v) is 20.8. The number of rotatable bonds is 6. The van der Waals surface area contributed by atoms with Crippen LogP contribution in [0, 0.1) is 0 Å². The van der Waals surface area contributed by atoms with E-state index in [0.717, 1.165) is 30.7 Å². The summed E-state index contributed by atoms with van der Waals surface area (Å²) in [7, 11) is 0. The minimum Gasteiger partial charge on any atom is -0.0843 e. The average Bonchev–Trinajstić information content (AvgIpc) is 2.70. The summed E-state index contributed by atoms with van der Waals surface area (Å²) in [6, 6.07) is 24.6. The number of hydrogen-bond acceptors (Lipinski definition) is 0. The average molecular weight is 433 g/mol. The lowest BCUT2D eigenvalue weighted by molar-refractivity contribution is 0.589. The first-order valence-electron chi connectivity index (χ1n) is 11.5. The first-order valence-corrected chi connectivity index (χ1v) is 11.9. The van der Waals surface area contributed by atoms with E-state index in [1.807, 2.05) is 0 Å². The summed E-state index contributed by atoms with van der Waals surface area (Å²) in [5.41, 5.74) is 8.61. The highest BCUT2D eigenvalue weighted by Gasteiger charge is 2.14. The summed E-state index contributed by atoms with van der Waals surface area (Å²) >= 11 is 6.48. The van der Waals surface area contributed by atoms with E-state index in [1.165, 1.54) is 33.4 Å². The van der Waals surface area contributed by atoms with Gasteiger partial charge in [-0.05, 0) is 82.0 Å². The van der Waals surface area contributed by atoms with Gasteiger partial charge in [0.25, 0.3) is 0 Å². The molecule has 0 radical (unpaired) electrons. The van der Waals surface area contributed by atoms with Crippen LogP contribution in [0.5, 0.6) is 0 Å². The number of hydrogen-bond donors (Lipinski definition) is 0. The summed E-state index contributed by atoms with van der Waals surface area (Å²) in [5, 5.41) is 0.847. The standard InChI is InChI=1S/C30H37Cl/c1-29(2,3)26-11-7-9-22(18-26)13-15-24-17-25(21-28(31)20-24)16-14-23-10-8-12-27(19-23)30(4,5)6/h7-12,17-21H,13-16H2,1-6H3. The molecule has 31 heavy (non-hydrogen) atoms. The Hall–Kier alpha value is -2.05. The van der Waals surface area contributed by atoms with Gasteiger partial charge in [-0.2, -0.15) is 0 Å². The van der Waals surface area contributed by atoms with Gasteiger partial charge in [-0.3, -0.25) is 0 Å². The lowest BCUT2D eigenvalue weighted by Gasteiger charge is -2.20. The Labute approximate surface area is 194 Å². The summed E-state index contributed by atoms with van der Waals surface area (Å²) in [6.45, 7) is 13.6. The summed E-state index contributed by atoms with van der Waals surface area (Å²) in [6.07, 6.45) is 4.11. The van der Waals surface area contributed by atoms with Crippen molar-refractivity contribution in [2.45, 2.75) is 78.1 Å². The second-order valence-electron chi connectivity index (χ2n) is 10.9. The smallest absolute Gasteiger partial charge is 0.0411 e. The van der Waals surface area contributed by atoms with E-state index in [0.29, 0.717) is 0 Å². The van der Waals surface area contributed by atoms with Crippen LogP contribution in [-0.2, 0) is 36.5 Å². The second-order valence-corrected chi connectivity index (χ2v) is 11.3. The van der Waals surface area contributed by atoms with E-state index >= 15 is 0 Å². The molecule has 0 bridgehead atoms. The Kier molecular flexibility index (Phi) is 7.32. The molecule has 0 aliphatic heterocycles. The molecular formula is C30H37Cl. The monoisotopic (exact) mass is 432 g/mol. The van der Waals surface area contributed by atoms with Gasteiger partial charge >= 0.3 is 0 Å². The van der Waals surface area contributed by atoms with Crippen LogP contribution in [0.2, 0.25) is 5.02 Å². The van der Waals surface area contributed by atoms with Gasteiger partial charge in [0.15, 0.2) is 0 Å². The molecule has 0 aliphatic rings. The highest BCUT2D eigenvalue weighted by Crippen LogP contribution is 2.25. The lowest BCUT2D eigenvalue weighted by atomic mass is 9.85. The molecule has 0 N–H and O–H groups in total. The molecule has 1 heteroatoms. The topological polar surface area (TPSA) is 0 Å². The third-order valence-corrected chi connectivity index (χ3v) is 6.23. The lowest BCUT2D eigenvalue weighted by Crippen LogP contribution is -2.11. The molecule has 3 rings (SSSR count). The second kappa shape index (κ2) is 9.61. The van der Waals surface area contributed by atoms with Crippen molar-refractivity contribution in [3.63, 3.8) is 0 Å². The Bertz CT molecular complexity index is 935. The van der Waals surface area contributed by atoms with Gasteiger partial charge in [0, 0.05) is 5.02 Å². The summed E-state index contributed by atoms with van der Waals surface area (Å²) < 4.78 is 0. The molecule has 0 heterocycles. The maximum absolute atomic E-state index is 6.48. The molecule has 0 saturated carbocycles. The van der Waals surface area contributed by atoms with E-state index in [-0.39, 0.29) is 10.8 Å². The van der Waals surface area contributed by atoms with Gasteiger partial charge < -0.3 is 0 Å². The number of halogens is 1. The quantitative estimate of drug-likeness (QED) is 0.366. The van der Waals surface area contributed by atoms with Crippen LogP contribution in [0.3, 0.4) is 0 Å². The van der Waals surface area contributed by atoms with Crippen LogP contribution in [0.15, 0.2) is 66.7 Å². The van der Waals surface area contributed by atoms with Crippen molar-refractivity contribution < 1.29 is 0 Å². The minimum absolute atomic E-state index is 0.184. The Balaban J connectivity index is 1.67. The molecular weight excluding hydrogens is 396 g/mol. The Morgan fingerprint density at radius 1 is 0.516 bits per heavy atom. The molecule has 0 atom stereocenters. The maximum Gasteiger partial charge on any atom is 0.0411 e. The van der Waals surface area contributed by atoms with Crippen LogP contribution in [0.4, 0.5) is 0 Å². The molecule has 0 spiro atoms. The van der Waals surface area contributed by atoms with Crippen molar-refractivity contribution >= 4 is 11.6 Å². The van der Waals surface area contributed by atoms with E-state index in [2.05, 4.69) is 108 Å². The van der Waals surface area contributed by atoms with E-state index in [4.69, 9.17) is 11.6 Å². The molecule has 0 unspecified atom stereocenters. The van der Waals surface area contributed by atoms with Crippen molar-refractivity contribution in [1.82, 2.24) is 0 Å². The molecule has 0 fully saturated rings. The zero-order valence-electron chi connectivity index (χ0n) is 20.1. The van der Waals surface area contributed by atoms with Crippen LogP contribution in [0.25, 0.3) is 0 Å². The molecule has 0 aromatic heterocycles. The van der Waals surface area contributed by atoms with Gasteiger partial charge in [0.05, 0.1) is 0 Å². The van der Waals surface area contributed by atoms with Gasteiger partial charge in [-0.1, -0.05) is 108 Å². The van der Waals surface area contributed by atoms with Crippen molar-refractivity contribution in [1.29, 1.82) is 0 Å². The van der Waals surface area contributed by atoms with E-state index in [9.17, 15) is 0 Å². The SMILES string of the molecule is CC(C)(C)c1cccc(CCc2cc(Cl)cc(CCc3cccc(C(C)(C)C)c3)c2)c1. The van der Waals surface area contributed by atoms with Crippen molar-refractivity contribution in [2.75, 3.05) is 0 Å². The van der Waals surface area contributed by atoms with E-state index < -0.39 is 0 Å². The molecule has 0 nitrogen and oxygen atoms in total. The van der Waals surface area contributed by atoms with Crippen molar-refractivity contribution in [2.24, 2.45) is 0 Å². The number of aryl methyl sites for hydroxylation is 4. The summed E-state index contributed by atoms with van der Waals surface area (Å²) in [4.78, 5) is 0. The fourth-order valence-electron chi connectivity index (χ4n) is 3.97. The predicted molar refractivity (Wildman–Crippen MR) is 137 cm³/mol. The van der Waals surface area contributed by atoms with Gasteiger partial charge in [0.1, 0.15) is 0 Å². The molecule has 3 aromatic carbocycles. The van der Waals surface area contributed by atoms with E-state index in [1.54, 1.807) is 0 Å². The molecule has 3 aromatic rings. The Morgan fingerprint density at radius 2 is 0.903 bits per heavy atom. The molecule has 0 amide bonds. The first-order chi connectivity index (χ1) is 14.5. The van der Waals surface area contributed by atoms with Gasteiger partial charge in [-0.15, -0.1) is 0 Å². The van der Waals surface area contributed by atoms with Crippen molar-refractivity contribution in [3.8, 4) is 0 Å². The van der Waals surface area contributed by atoms with Crippen molar-refractivity contribution in [3.05, 3.63) is 105 Å². The first kappa shape index (κ1) is 23.6. The van der Waals surface area contributed by atoms with Crippen LogP contribution < -0.4 is 0 Å². The third-order valence-electron chi connectivity index (χ3n) is 6.01. The Morgan fingerprint density at radius 3 is 1.29 bits per heavy atom. The fourth-order valence-corrected chi connectivity index (χ4v) is 4.25. The largest absolute Gasteiger partial charge is 0.0843 e. The molecule has 0 aliphatic carbocycles. The highest BCUT2D eigenvalue weighted by atomic mass is 35.5. The maximum atomic E-state index is 6.48. The van der Waals surface area contributed by atoms with Gasteiger partial charge in [-0.25, -0.2) is 0 Å². The fraction of sp³-hybridized carbons (Fsp3) is 0.400. The van der Waals surface area contributed by atoms with Gasteiger partial charge in [0.2, 0.25) is 0 Å². The molecule has 0 saturated heterocycles. The van der Waals surface area contributed by atoms with Crippen LogP contribution in [-0.4, -0.2) is 0 Å². The molecule has 164 valence electrons. The third kappa shape index (κ3) is 6.97. The number of benzene rings is 3. The zero-order chi connectivity index (χ0) is 22.6. The normalized spacial score (nSPS) is 12.2. The summed E-state index contributed by atoms with van der Waals surface area (Å²) in [5.74, 6) is 0. The predicted octanol–water partition coefficient (Wildman–Crippen LogP) is 8.51. The highest BCUT2D eigenvalue weighted by molar-refractivity contribution is 6.30. The van der Waals surface area contributed by atoms with Crippen LogP contribution >= 0.6 is 11.6 Å². The minimum atomic E-state index is 0.184.